The van der Waals surface area contributed by atoms with Crippen molar-refractivity contribution < 1.29 is 14.3 Å². The van der Waals surface area contributed by atoms with E-state index in [1.54, 1.807) is 13.2 Å². The smallest absolute Gasteiger partial charge is 0.254 e. The van der Waals surface area contributed by atoms with Crippen LogP contribution in [0.3, 0.4) is 0 Å². The molecule has 1 fully saturated rings. The minimum atomic E-state index is 0. The van der Waals surface area contributed by atoms with Crippen molar-refractivity contribution in [2.45, 2.75) is 19.8 Å². The largest absolute Gasteiger partial charge is 0.493 e. The molecule has 0 atom stereocenters. The highest BCUT2D eigenvalue weighted by Crippen LogP contribution is 2.37. The van der Waals surface area contributed by atoms with Crippen LogP contribution in [0.2, 0.25) is 0 Å². The number of methoxy groups -OCH3 is 1. The second-order valence-electron chi connectivity index (χ2n) is 5.23. The molecule has 0 aliphatic carbocycles. The van der Waals surface area contributed by atoms with Gasteiger partial charge in [-0.25, -0.2) is 0 Å². The summed E-state index contributed by atoms with van der Waals surface area (Å²) in [5, 5.41) is 3.30. The summed E-state index contributed by atoms with van der Waals surface area (Å²) in [5.41, 5.74) is 0.620. The third-order valence-corrected chi connectivity index (χ3v) is 4.14. The van der Waals surface area contributed by atoms with E-state index in [2.05, 4.69) is 21.2 Å². The van der Waals surface area contributed by atoms with Gasteiger partial charge in [0, 0.05) is 25.2 Å². The number of rotatable bonds is 5. The molecule has 7 heteroatoms. The predicted octanol–water partition coefficient (Wildman–Crippen LogP) is 3.10. The molecule has 0 spiro atoms. The van der Waals surface area contributed by atoms with Gasteiger partial charge in [-0.2, -0.15) is 0 Å². The first-order valence-electron chi connectivity index (χ1n) is 7.67. The lowest BCUT2D eigenvalue weighted by Gasteiger charge is -2.21. The SMILES string of the molecule is CCCOc1c(Br)cc(C(=O)N2CCCNCC2)cc1OC.Cl. The Bertz CT molecular complexity index is 520. The first-order valence-corrected chi connectivity index (χ1v) is 8.47. The number of benzene rings is 1. The van der Waals surface area contributed by atoms with Crippen LogP contribution >= 0.6 is 28.3 Å². The Morgan fingerprint density at radius 2 is 2.13 bits per heavy atom. The van der Waals surface area contributed by atoms with E-state index < -0.39 is 0 Å². The first kappa shape index (κ1) is 20.1. The number of halogens is 2. The number of nitrogens with one attached hydrogen (secondary N) is 1. The molecule has 5 nitrogen and oxygen atoms in total. The monoisotopic (exact) mass is 406 g/mol. The highest BCUT2D eigenvalue weighted by atomic mass is 79.9. The van der Waals surface area contributed by atoms with Crippen molar-refractivity contribution in [1.82, 2.24) is 10.2 Å². The number of hydrogen-bond donors (Lipinski definition) is 1. The molecule has 0 bridgehead atoms. The number of ether oxygens (including phenoxy) is 2. The van der Waals surface area contributed by atoms with Crippen molar-refractivity contribution in [2.75, 3.05) is 39.9 Å². The van der Waals surface area contributed by atoms with Crippen molar-refractivity contribution in [3.05, 3.63) is 22.2 Å². The average Bonchev–Trinajstić information content (AvgIpc) is 2.81. The predicted molar refractivity (Wildman–Crippen MR) is 97.1 cm³/mol. The summed E-state index contributed by atoms with van der Waals surface area (Å²) in [6.45, 7) is 5.96. The van der Waals surface area contributed by atoms with E-state index >= 15 is 0 Å². The summed E-state index contributed by atoms with van der Waals surface area (Å²) in [6.07, 6.45) is 1.89. The number of carbonyl (C=O) groups is 1. The van der Waals surface area contributed by atoms with Gasteiger partial charge in [-0.3, -0.25) is 4.79 Å². The fourth-order valence-electron chi connectivity index (χ4n) is 2.42. The molecule has 1 heterocycles. The summed E-state index contributed by atoms with van der Waals surface area (Å²) in [6, 6.07) is 3.57. The first-order chi connectivity index (χ1) is 10.7. The molecule has 1 amide bonds. The molecular formula is C16H24BrClN2O3. The maximum absolute atomic E-state index is 12.7. The summed E-state index contributed by atoms with van der Waals surface area (Å²) in [4.78, 5) is 14.6. The quantitative estimate of drug-likeness (QED) is 0.815. The van der Waals surface area contributed by atoms with Crippen LogP contribution in [-0.4, -0.2) is 50.7 Å². The van der Waals surface area contributed by atoms with Crippen LogP contribution in [0.4, 0.5) is 0 Å². The lowest BCUT2D eigenvalue weighted by atomic mass is 10.1. The maximum Gasteiger partial charge on any atom is 0.254 e. The Labute approximate surface area is 152 Å². The fraction of sp³-hybridized carbons (Fsp3) is 0.562. The molecule has 1 N–H and O–H groups in total. The van der Waals surface area contributed by atoms with E-state index in [9.17, 15) is 4.79 Å². The molecule has 0 aromatic heterocycles. The molecule has 1 aromatic carbocycles. The highest BCUT2D eigenvalue weighted by molar-refractivity contribution is 9.10. The van der Waals surface area contributed by atoms with Gasteiger partial charge >= 0.3 is 0 Å². The second-order valence-corrected chi connectivity index (χ2v) is 6.09. The Kier molecular flexibility index (Phi) is 8.73. The van der Waals surface area contributed by atoms with Gasteiger partial charge in [0.25, 0.3) is 5.91 Å². The standard InChI is InChI=1S/C16H23BrN2O3.ClH/c1-3-9-22-15-13(17)10-12(11-14(15)21-2)16(20)19-7-4-5-18-6-8-19;/h10-11,18H,3-9H2,1-2H3;1H. The molecule has 23 heavy (non-hydrogen) atoms. The van der Waals surface area contributed by atoms with Crippen LogP contribution < -0.4 is 14.8 Å². The summed E-state index contributed by atoms with van der Waals surface area (Å²) >= 11 is 3.49. The van der Waals surface area contributed by atoms with Crippen molar-refractivity contribution in [2.24, 2.45) is 0 Å². The van der Waals surface area contributed by atoms with Crippen LogP contribution in [0.1, 0.15) is 30.1 Å². The topological polar surface area (TPSA) is 50.8 Å². The number of nitrogens with zero attached hydrogens (tertiary/aromatic N) is 1. The highest BCUT2D eigenvalue weighted by Gasteiger charge is 2.20. The van der Waals surface area contributed by atoms with Crippen molar-refractivity contribution in [1.29, 1.82) is 0 Å². The molecule has 130 valence electrons. The van der Waals surface area contributed by atoms with E-state index in [4.69, 9.17) is 9.47 Å². The third kappa shape index (κ3) is 5.26. The molecule has 1 aromatic rings. The maximum atomic E-state index is 12.7. The molecular weight excluding hydrogens is 384 g/mol. The normalized spacial score (nSPS) is 14.7. The van der Waals surface area contributed by atoms with Crippen LogP contribution in [0.25, 0.3) is 0 Å². The molecule has 1 aliphatic heterocycles. The van der Waals surface area contributed by atoms with Crippen molar-refractivity contribution in [3.63, 3.8) is 0 Å². The van der Waals surface area contributed by atoms with Gasteiger partial charge in [-0.1, -0.05) is 6.92 Å². The summed E-state index contributed by atoms with van der Waals surface area (Å²) < 4.78 is 11.8. The zero-order chi connectivity index (χ0) is 15.9. The minimum absolute atomic E-state index is 0. The Hall–Kier alpha value is -0.980. The van der Waals surface area contributed by atoms with E-state index in [0.717, 1.165) is 43.5 Å². The van der Waals surface area contributed by atoms with Gasteiger partial charge < -0.3 is 19.7 Å². The number of carbonyl (C=O) groups excluding carboxylic acids is 1. The van der Waals surface area contributed by atoms with Crippen LogP contribution in [0.5, 0.6) is 11.5 Å². The van der Waals surface area contributed by atoms with Crippen molar-refractivity contribution in [3.8, 4) is 11.5 Å². The van der Waals surface area contributed by atoms with Gasteiger partial charge in [0.15, 0.2) is 11.5 Å². The summed E-state index contributed by atoms with van der Waals surface area (Å²) in [7, 11) is 1.59. The van der Waals surface area contributed by atoms with Crippen LogP contribution in [-0.2, 0) is 0 Å². The second kappa shape index (κ2) is 10.0. The van der Waals surface area contributed by atoms with E-state index in [-0.39, 0.29) is 18.3 Å². The fourth-order valence-corrected chi connectivity index (χ4v) is 2.98. The number of amides is 1. The lowest BCUT2D eigenvalue weighted by molar-refractivity contribution is 0.0766. The van der Waals surface area contributed by atoms with E-state index in [1.807, 2.05) is 17.9 Å². The Morgan fingerprint density at radius 1 is 1.35 bits per heavy atom. The molecule has 1 aliphatic rings. The Balaban J connectivity index is 0.00000264. The molecule has 0 radical (unpaired) electrons. The van der Waals surface area contributed by atoms with E-state index in [0.29, 0.717) is 23.7 Å². The molecule has 0 unspecified atom stereocenters. The minimum Gasteiger partial charge on any atom is -0.493 e. The molecule has 0 saturated carbocycles. The zero-order valence-electron chi connectivity index (χ0n) is 13.6. The van der Waals surface area contributed by atoms with E-state index in [1.165, 1.54) is 0 Å². The van der Waals surface area contributed by atoms with Crippen molar-refractivity contribution >= 4 is 34.2 Å². The van der Waals surface area contributed by atoms with Gasteiger partial charge in [0.2, 0.25) is 0 Å². The Morgan fingerprint density at radius 3 is 2.83 bits per heavy atom. The number of hydrogen-bond acceptors (Lipinski definition) is 4. The van der Waals surface area contributed by atoms with Gasteiger partial charge in [-0.15, -0.1) is 12.4 Å². The molecule has 2 rings (SSSR count). The van der Waals surface area contributed by atoms with Gasteiger partial charge in [-0.05, 0) is 47.4 Å². The lowest BCUT2D eigenvalue weighted by Crippen LogP contribution is -2.34. The zero-order valence-corrected chi connectivity index (χ0v) is 16.0. The molecule has 1 saturated heterocycles. The third-order valence-electron chi connectivity index (χ3n) is 3.55. The van der Waals surface area contributed by atoms with Gasteiger partial charge in [0.1, 0.15) is 0 Å². The van der Waals surface area contributed by atoms with Gasteiger partial charge in [0.05, 0.1) is 18.2 Å². The van der Waals surface area contributed by atoms with Crippen LogP contribution in [0, 0.1) is 0 Å². The average molecular weight is 408 g/mol. The van der Waals surface area contributed by atoms with Crippen LogP contribution in [0.15, 0.2) is 16.6 Å². The summed E-state index contributed by atoms with van der Waals surface area (Å²) in [5.74, 6) is 1.27.